The van der Waals surface area contributed by atoms with E-state index in [9.17, 15) is 4.79 Å². The van der Waals surface area contributed by atoms with Crippen LogP contribution in [0.5, 0.6) is 11.5 Å². The first kappa shape index (κ1) is 18.5. The zero-order valence-corrected chi connectivity index (χ0v) is 15.7. The third-order valence-corrected chi connectivity index (χ3v) is 4.36. The molecule has 27 heavy (non-hydrogen) atoms. The number of anilines is 1. The van der Waals surface area contributed by atoms with Gasteiger partial charge in [0.25, 0.3) is 5.91 Å². The average Bonchev–Trinajstić information content (AvgIpc) is 3.01. The standard InChI is InChI=1S/C19H23N5O3/c1-4-24-17-14(23-19(24)20)10-13(11-22-17)18(25)21-9-8-12-6-5-7-15(26-2)16(12)27-3/h5-7,10-11H,4,8-9H2,1-3H3,(H2,20,23)(H,21,25). The fourth-order valence-corrected chi connectivity index (χ4v) is 3.03. The molecule has 0 aliphatic carbocycles. The Bertz CT molecular complexity index is 967. The number of nitrogen functional groups attached to an aromatic ring is 1. The fourth-order valence-electron chi connectivity index (χ4n) is 3.03. The molecule has 3 rings (SSSR count). The lowest BCUT2D eigenvalue weighted by molar-refractivity contribution is 0.0954. The largest absolute Gasteiger partial charge is 0.493 e. The van der Waals surface area contributed by atoms with Gasteiger partial charge >= 0.3 is 0 Å². The number of hydrogen-bond donors (Lipinski definition) is 2. The second kappa shape index (κ2) is 7.94. The maximum Gasteiger partial charge on any atom is 0.252 e. The van der Waals surface area contributed by atoms with Crippen molar-refractivity contribution in [2.24, 2.45) is 0 Å². The number of carbonyl (C=O) groups excluding carboxylic acids is 1. The Morgan fingerprint density at radius 2 is 2.11 bits per heavy atom. The van der Waals surface area contributed by atoms with Crippen LogP contribution in [0.15, 0.2) is 30.5 Å². The second-order valence-electron chi connectivity index (χ2n) is 5.94. The van der Waals surface area contributed by atoms with Crippen molar-refractivity contribution in [2.75, 3.05) is 26.5 Å². The normalized spacial score (nSPS) is 10.8. The maximum atomic E-state index is 12.4. The number of carbonyl (C=O) groups is 1. The topological polar surface area (TPSA) is 104 Å². The quantitative estimate of drug-likeness (QED) is 0.660. The van der Waals surface area contributed by atoms with Crippen LogP contribution in [0.4, 0.5) is 5.95 Å². The number of nitrogens with one attached hydrogen (secondary N) is 1. The van der Waals surface area contributed by atoms with Gasteiger partial charge in [-0.3, -0.25) is 9.36 Å². The fraction of sp³-hybridized carbons (Fsp3) is 0.316. The Morgan fingerprint density at radius 1 is 1.30 bits per heavy atom. The summed E-state index contributed by atoms with van der Waals surface area (Å²) in [7, 11) is 3.20. The molecule has 0 unspecified atom stereocenters. The van der Waals surface area contributed by atoms with Gasteiger partial charge in [0.2, 0.25) is 5.95 Å². The van der Waals surface area contributed by atoms with Crippen LogP contribution in [0.2, 0.25) is 0 Å². The lowest BCUT2D eigenvalue weighted by Crippen LogP contribution is -2.26. The van der Waals surface area contributed by atoms with Crippen LogP contribution in [0.1, 0.15) is 22.8 Å². The van der Waals surface area contributed by atoms with Gasteiger partial charge < -0.3 is 20.5 Å². The molecule has 2 heterocycles. The van der Waals surface area contributed by atoms with Crippen molar-refractivity contribution in [1.29, 1.82) is 0 Å². The van der Waals surface area contributed by atoms with Gasteiger partial charge in [0.05, 0.1) is 19.8 Å². The first-order valence-electron chi connectivity index (χ1n) is 8.68. The lowest BCUT2D eigenvalue weighted by Gasteiger charge is -2.12. The van der Waals surface area contributed by atoms with Crippen LogP contribution in [-0.4, -0.2) is 41.2 Å². The molecule has 0 aliphatic heterocycles. The molecule has 0 fully saturated rings. The van der Waals surface area contributed by atoms with Gasteiger partial charge in [-0.15, -0.1) is 0 Å². The first-order chi connectivity index (χ1) is 13.1. The molecule has 0 radical (unpaired) electrons. The van der Waals surface area contributed by atoms with Crippen LogP contribution in [0.3, 0.4) is 0 Å². The van der Waals surface area contributed by atoms with Gasteiger partial charge in [-0.1, -0.05) is 12.1 Å². The van der Waals surface area contributed by atoms with Crippen LogP contribution < -0.4 is 20.5 Å². The maximum absolute atomic E-state index is 12.4. The van der Waals surface area contributed by atoms with Crippen LogP contribution in [0.25, 0.3) is 11.2 Å². The molecule has 1 amide bonds. The molecule has 8 nitrogen and oxygen atoms in total. The molecule has 0 spiro atoms. The van der Waals surface area contributed by atoms with Gasteiger partial charge in [0.1, 0.15) is 5.52 Å². The number of pyridine rings is 1. The Morgan fingerprint density at radius 3 is 2.81 bits per heavy atom. The highest BCUT2D eigenvalue weighted by atomic mass is 16.5. The molecule has 142 valence electrons. The highest BCUT2D eigenvalue weighted by Gasteiger charge is 2.13. The predicted molar refractivity (Wildman–Crippen MR) is 103 cm³/mol. The minimum Gasteiger partial charge on any atom is -0.493 e. The smallest absolute Gasteiger partial charge is 0.252 e. The van der Waals surface area contributed by atoms with E-state index in [-0.39, 0.29) is 5.91 Å². The summed E-state index contributed by atoms with van der Waals surface area (Å²) in [5, 5.41) is 2.90. The Balaban J connectivity index is 1.69. The number of nitrogens with two attached hydrogens (primary N) is 1. The molecule has 0 aliphatic rings. The number of para-hydroxylation sites is 1. The van der Waals surface area contributed by atoms with E-state index in [4.69, 9.17) is 15.2 Å². The van der Waals surface area contributed by atoms with Crippen molar-refractivity contribution in [1.82, 2.24) is 19.9 Å². The van der Waals surface area contributed by atoms with E-state index >= 15 is 0 Å². The summed E-state index contributed by atoms with van der Waals surface area (Å²) < 4.78 is 12.5. The number of rotatable bonds is 7. The monoisotopic (exact) mass is 369 g/mol. The number of imidazole rings is 1. The van der Waals surface area contributed by atoms with Gasteiger partial charge in [-0.2, -0.15) is 0 Å². The molecule has 0 atom stereocenters. The summed E-state index contributed by atoms with van der Waals surface area (Å²) in [6.07, 6.45) is 2.15. The van der Waals surface area contributed by atoms with E-state index in [0.29, 0.717) is 53.7 Å². The molecule has 0 saturated carbocycles. The molecule has 3 aromatic rings. The number of aromatic nitrogens is 3. The Hall–Kier alpha value is -3.29. The van der Waals surface area contributed by atoms with Crippen molar-refractivity contribution >= 4 is 23.0 Å². The number of amides is 1. The Labute approximate surface area is 157 Å². The van der Waals surface area contributed by atoms with Gasteiger partial charge in [-0.05, 0) is 31.0 Å². The number of ether oxygens (including phenoxy) is 2. The summed E-state index contributed by atoms with van der Waals surface area (Å²) in [5.74, 6) is 1.52. The molecule has 2 aromatic heterocycles. The molecule has 3 N–H and O–H groups in total. The van der Waals surface area contributed by atoms with Crippen LogP contribution >= 0.6 is 0 Å². The van der Waals surface area contributed by atoms with Gasteiger partial charge in [0, 0.05) is 19.3 Å². The van der Waals surface area contributed by atoms with E-state index in [2.05, 4.69) is 15.3 Å². The van der Waals surface area contributed by atoms with E-state index < -0.39 is 0 Å². The molecular weight excluding hydrogens is 346 g/mol. The summed E-state index contributed by atoms with van der Waals surface area (Å²) >= 11 is 0. The third kappa shape index (κ3) is 3.64. The molecule has 0 saturated heterocycles. The Kier molecular flexibility index (Phi) is 5.44. The summed E-state index contributed by atoms with van der Waals surface area (Å²) in [6, 6.07) is 7.38. The SMILES string of the molecule is CCn1c(N)nc2cc(C(=O)NCCc3cccc(OC)c3OC)cnc21. The van der Waals surface area contributed by atoms with Crippen LogP contribution in [0, 0.1) is 0 Å². The second-order valence-corrected chi connectivity index (χ2v) is 5.94. The van der Waals surface area contributed by atoms with Gasteiger partial charge in [0.15, 0.2) is 17.1 Å². The zero-order chi connectivity index (χ0) is 19.4. The van der Waals surface area contributed by atoms with E-state index in [1.807, 2.05) is 25.1 Å². The van der Waals surface area contributed by atoms with Crippen molar-refractivity contribution < 1.29 is 14.3 Å². The van der Waals surface area contributed by atoms with Gasteiger partial charge in [-0.25, -0.2) is 9.97 Å². The molecule has 0 bridgehead atoms. The summed E-state index contributed by atoms with van der Waals surface area (Å²) in [5.41, 5.74) is 8.56. The lowest BCUT2D eigenvalue weighted by atomic mass is 10.1. The van der Waals surface area contributed by atoms with Crippen molar-refractivity contribution in [2.45, 2.75) is 19.9 Å². The number of fused-ring (bicyclic) bond motifs is 1. The average molecular weight is 369 g/mol. The zero-order valence-electron chi connectivity index (χ0n) is 15.7. The first-order valence-corrected chi connectivity index (χ1v) is 8.68. The molecule has 1 aromatic carbocycles. The van der Waals surface area contributed by atoms with Crippen molar-refractivity contribution in [3.05, 3.63) is 41.6 Å². The minimum absolute atomic E-state index is 0.212. The van der Waals surface area contributed by atoms with Crippen molar-refractivity contribution in [3.63, 3.8) is 0 Å². The highest BCUT2D eigenvalue weighted by Crippen LogP contribution is 2.30. The minimum atomic E-state index is -0.212. The highest BCUT2D eigenvalue weighted by molar-refractivity contribution is 5.96. The van der Waals surface area contributed by atoms with Crippen LogP contribution in [-0.2, 0) is 13.0 Å². The third-order valence-electron chi connectivity index (χ3n) is 4.36. The summed E-state index contributed by atoms with van der Waals surface area (Å²) in [4.78, 5) is 21.0. The number of aryl methyl sites for hydroxylation is 1. The van der Waals surface area contributed by atoms with E-state index in [1.54, 1.807) is 24.9 Å². The number of nitrogens with zero attached hydrogens (tertiary/aromatic N) is 3. The molecule has 8 heteroatoms. The summed E-state index contributed by atoms with van der Waals surface area (Å²) in [6.45, 7) is 3.09. The number of benzene rings is 1. The number of hydrogen-bond acceptors (Lipinski definition) is 6. The van der Waals surface area contributed by atoms with Crippen molar-refractivity contribution in [3.8, 4) is 11.5 Å². The van der Waals surface area contributed by atoms with E-state index in [1.165, 1.54) is 6.20 Å². The number of methoxy groups -OCH3 is 2. The van der Waals surface area contributed by atoms with E-state index in [0.717, 1.165) is 5.56 Å². The molecular formula is C19H23N5O3. The predicted octanol–water partition coefficient (Wildman–Crippen LogP) is 2.02.